The molecule has 1 aliphatic rings. The number of aromatic nitrogens is 3. The number of ether oxygens (including phenoxy) is 1. The van der Waals surface area contributed by atoms with Gasteiger partial charge in [-0.3, -0.25) is 15.0 Å². The fourth-order valence-electron chi connectivity index (χ4n) is 4.02. The second kappa shape index (κ2) is 6.66. The third kappa shape index (κ3) is 3.15. The molecule has 0 radical (unpaired) electrons. The van der Waals surface area contributed by atoms with E-state index in [4.69, 9.17) is 10.5 Å². The molecule has 3 N–H and O–H groups in total. The van der Waals surface area contributed by atoms with Crippen molar-refractivity contribution in [2.75, 3.05) is 19.4 Å². The van der Waals surface area contributed by atoms with E-state index in [0.29, 0.717) is 23.6 Å². The van der Waals surface area contributed by atoms with Gasteiger partial charge in [-0.2, -0.15) is 18.3 Å². The van der Waals surface area contributed by atoms with Gasteiger partial charge in [0.15, 0.2) is 0 Å². The Balaban J connectivity index is 1.94. The molecule has 3 aromatic rings. The number of rotatable bonds is 3. The largest absolute Gasteiger partial charge is 0.495 e. The molecule has 0 spiro atoms. The number of pyridine rings is 1. The van der Waals surface area contributed by atoms with Crippen molar-refractivity contribution in [3.05, 3.63) is 47.4 Å². The Morgan fingerprint density at radius 2 is 2.11 bits per heavy atom. The molecule has 0 saturated heterocycles. The highest BCUT2D eigenvalue weighted by atomic mass is 19.4. The number of hydrogen-bond acceptors (Lipinski definition) is 5. The smallest absolute Gasteiger partial charge is 0.401 e. The van der Waals surface area contributed by atoms with Gasteiger partial charge in [0.1, 0.15) is 11.4 Å². The maximum atomic E-state index is 13.4. The second-order valence-electron chi connectivity index (χ2n) is 7.06. The zero-order valence-corrected chi connectivity index (χ0v) is 15.4. The molecule has 2 atom stereocenters. The summed E-state index contributed by atoms with van der Waals surface area (Å²) in [5, 5.41) is 7.91. The predicted octanol–water partition coefficient (Wildman–Crippen LogP) is 3.45. The predicted molar refractivity (Wildman–Crippen MR) is 99.1 cm³/mol. The van der Waals surface area contributed by atoms with Crippen molar-refractivity contribution in [3.8, 4) is 5.75 Å². The Labute approximate surface area is 159 Å². The Morgan fingerprint density at radius 1 is 1.32 bits per heavy atom. The van der Waals surface area contributed by atoms with E-state index in [0.717, 1.165) is 22.0 Å². The van der Waals surface area contributed by atoms with Gasteiger partial charge >= 0.3 is 6.18 Å². The number of alkyl halides is 3. The van der Waals surface area contributed by atoms with E-state index in [1.807, 2.05) is 12.1 Å². The molecule has 4 rings (SSSR count). The van der Waals surface area contributed by atoms with E-state index in [9.17, 15) is 13.2 Å². The van der Waals surface area contributed by atoms with Gasteiger partial charge in [0.25, 0.3) is 0 Å². The Kier molecular flexibility index (Phi) is 4.41. The van der Waals surface area contributed by atoms with Crippen LogP contribution in [0.25, 0.3) is 10.9 Å². The normalized spacial score (nSPS) is 20.3. The van der Waals surface area contributed by atoms with Crippen LogP contribution in [0.4, 0.5) is 18.9 Å². The fraction of sp³-hybridized carbons (Fsp3) is 0.368. The minimum atomic E-state index is -4.34. The van der Waals surface area contributed by atoms with Crippen LogP contribution in [0.5, 0.6) is 5.75 Å². The molecule has 2 aromatic heterocycles. The zero-order chi connectivity index (χ0) is 20.1. The molecule has 0 aliphatic carbocycles. The first-order chi connectivity index (χ1) is 13.3. The monoisotopic (exact) mass is 391 g/mol. The number of nitrogen functional groups attached to an aromatic ring is 1. The number of nitrogens with one attached hydrogen (secondary N) is 1. The number of anilines is 1. The number of halogens is 3. The van der Waals surface area contributed by atoms with Crippen molar-refractivity contribution < 1.29 is 17.9 Å². The van der Waals surface area contributed by atoms with E-state index in [1.54, 1.807) is 19.2 Å². The maximum Gasteiger partial charge on any atom is 0.401 e. The van der Waals surface area contributed by atoms with Crippen molar-refractivity contribution in [2.45, 2.75) is 31.6 Å². The number of methoxy groups -OCH3 is 1. The van der Waals surface area contributed by atoms with E-state index < -0.39 is 18.8 Å². The molecule has 0 unspecified atom stereocenters. The standard InChI is InChI=1S/C19H20F3N5O/c1-10-5-13-12(3-4-15-14(13)8-25-26-15)18(27(10)9-19(20,21)22)17-16(28-2)6-11(23)7-24-17/h3-4,6-8,10,18H,5,9,23H2,1-2H3,(H,25,26)/t10-,18+/m1/s1. The average Bonchev–Trinajstić information content (AvgIpc) is 3.11. The van der Waals surface area contributed by atoms with Crippen molar-refractivity contribution in [1.29, 1.82) is 0 Å². The van der Waals surface area contributed by atoms with Gasteiger partial charge in [-0.15, -0.1) is 0 Å². The molecular weight excluding hydrogens is 371 g/mol. The summed E-state index contributed by atoms with van der Waals surface area (Å²) in [6, 6.07) is 4.19. The van der Waals surface area contributed by atoms with E-state index >= 15 is 0 Å². The van der Waals surface area contributed by atoms with Crippen LogP contribution in [0.2, 0.25) is 0 Å². The number of nitrogens with two attached hydrogens (primary N) is 1. The molecule has 0 bridgehead atoms. The summed E-state index contributed by atoms with van der Waals surface area (Å²) >= 11 is 0. The van der Waals surface area contributed by atoms with Gasteiger partial charge in [0.2, 0.25) is 0 Å². The van der Waals surface area contributed by atoms with Gasteiger partial charge in [0, 0.05) is 17.5 Å². The van der Waals surface area contributed by atoms with Crippen molar-refractivity contribution in [1.82, 2.24) is 20.1 Å². The first-order valence-corrected chi connectivity index (χ1v) is 8.85. The third-order valence-electron chi connectivity index (χ3n) is 5.21. The number of fused-ring (bicyclic) bond motifs is 3. The minimum Gasteiger partial charge on any atom is -0.495 e. The molecule has 28 heavy (non-hydrogen) atoms. The summed E-state index contributed by atoms with van der Waals surface area (Å²) < 4.78 is 45.6. The third-order valence-corrected chi connectivity index (χ3v) is 5.21. The molecular formula is C19H20F3N5O. The highest BCUT2D eigenvalue weighted by Gasteiger charge is 2.42. The molecule has 148 valence electrons. The van der Waals surface area contributed by atoms with E-state index in [-0.39, 0.29) is 6.04 Å². The van der Waals surface area contributed by atoms with Crippen LogP contribution in [-0.2, 0) is 6.42 Å². The highest BCUT2D eigenvalue weighted by Crippen LogP contribution is 2.43. The number of nitrogens with zero attached hydrogens (tertiary/aromatic N) is 3. The summed E-state index contributed by atoms with van der Waals surface area (Å²) in [6.45, 7) is 0.751. The molecule has 9 heteroatoms. The molecule has 0 amide bonds. The van der Waals surface area contributed by atoms with E-state index in [2.05, 4.69) is 15.2 Å². The first-order valence-electron chi connectivity index (χ1n) is 8.85. The minimum absolute atomic E-state index is 0.358. The molecule has 1 aromatic carbocycles. The number of aromatic amines is 1. The first kappa shape index (κ1) is 18.5. The lowest BCUT2D eigenvalue weighted by molar-refractivity contribution is -0.155. The number of benzene rings is 1. The van der Waals surface area contributed by atoms with Crippen LogP contribution in [0.1, 0.15) is 29.8 Å². The maximum absolute atomic E-state index is 13.4. The Morgan fingerprint density at radius 3 is 2.82 bits per heavy atom. The Bertz CT molecular complexity index is 1020. The lowest BCUT2D eigenvalue weighted by Gasteiger charge is -2.42. The van der Waals surface area contributed by atoms with Gasteiger partial charge in [-0.1, -0.05) is 6.07 Å². The van der Waals surface area contributed by atoms with Crippen LogP contribution in [-0.4, -0.2) is 46.0 Å². The summed E-state index contributed by atoms with van der Waals surface area (Å²) in [7, 11) is 1.46. The lowest BCUT2D eigenvalue weighted by Crippen LogP contribution is -2.47. The van der Waals surface area contributed by atoms with Crippen molar-refractivity contribution in [3.63, 3.8) is 0 Å². The van der Waals surface area contributed by atoms with E-state index in [1.165, 1.54) is 18.2 Å². The highest BCUT2D eigenvalue weighted by molar-refractivity contribution is 5.83. The quantitative estimate of drug-likeness (QED) is 0.715. The van der Waals surface area contributed by atoms with Gasteiger partial charge in [-0.05, 0) is 30.5 Å². The average molecular weight is 391 g/mol. The van der Waals surface area contributed by atoms with Gasteiger partial charge in [0.05, 0.1) is 43.3 Å². The van der Waals surface area contributed by atoms with Crippen LogP contribution in [0.15, 0.2) is 30.6 Å². The van der Waals surface area contributed by atoms with Crippen LogP contribution in [0, 0.1) is 0 Å². The molecule has 6 nitrogen and oxygen atoms in total. The van der Waals surface area contributed by atoms with Crippen LogP contribution in [0.3, 0.4) is 0 Å². The van der Waals surface area contributed by atoms with Gasteiger partial charge in [-0.25, -0.2) is 0 Å². The molecule has 1 aliphatic heterocycles. The summed E-state index contributed by atoms with van der Waals surface area (Å²) in [6.07, 6.45) is -0.704. The zero-order valence-electron chi connectivity index (χ0n) is 15.4. The van der Waals surface area contributed by atoms with Crippen molar-refractivity contribution >= 4 is 16.6 Å². The summed E-state index contributed by atoms with van der Waals surface area (Å²) in [5.41, 5.74) is 9.20. The van der Waals surface area contributed by atoms with Gasteiger partial charge < -0.3 is 10.5 Å². The van der Waals surface area contributed by atoms with Crippen LogP contribution < -0.4 is 10.5 Å². The second-order valence-corrected chi connectivity index (χ2v) is 7.06. The topological polar surface area (TPSA) is 80.1 Å². The summed E-state index contributed by atoms with van der Waals surface area (Å²) in [5.74, 6) is 0.365. The SMILES string of the molecule is COc1cc(N)cnc1[C@@H]1c2ccc3[nH]ncc3c2C[C@@H](C)N1CC(F)(F)F. The number of hydrogen-bond donors (Lipinski definition) is 2. The Hall–Kier alpha value is -2.81. The number of H-pyrrole nitrogens is 1. The molecule has 3 heterocycles. The summed E-state index contributed by atoms with van der Waals surface area (Å²) in [4.78, 5) is 5.80. The van der Waals surface area contributed by atoms with Crippen molar-refractivity contribution in [2.24, 2.45) is 0 Å². The lowest BCUT2D eigenvalue weighted by atomic mass is 9.84. The molecule has 0 fully saturated rings. The fourth-order valence-corrected chi connectivity index (χ4v) is 4.02. The van der Waals surface area contributed by atoms with Crippen LogP contribution >= 0.6 is 0 Å². The molecule has 0 saturated carbocycles.